The summed E-state index contributed by atoms with van der Waals surface area (Å²) in [7, 11) is 2.14. The number of fused-ring (bicyclic) bond motifs is 5. The maximum Gasteiger partial charge on any atom is 0.0489 e. The molecule has 0 N–H and O–H groups in total. The molecule has 23 heavy (non-hydrogen) atoms. The highest BCUT2D eigenvalue weighted by atomic mass is 35.5. The zero-order valence-corrected chi connectivity index (χ0v) is 13.9. The minimum atomic E-state index is -0.144. The average Bonchev–Trinajstić information content (AvgIpc) is 2.86. The van der Waals surface area contributed by atoms with Gasteiger partial charge in [0, 0.05) is 34.4 Å². The highest BCUT2D eigenvalue weighted by Crippen LogP contribution is 2.61. The van der Waals surface area contributed by atoms with Gasteiger partial charge in [-0.15, -0.1) is 0 Å². The van der Waals surface area contributed by atoms with Gasteiger partial charge in [0.25, 0.3) is 0 Å². The van der Waals surface area contributed by atoms with Gasteiger partial charge in [-0.25, -0.2) is 0 Å². The summed E-state index contributed by atoms with van der Waals surface area (Å²) in [4.78, 5) is 2.29. The van der Waals surface area contributed by atoms with Crippen molar-refractivity contribution < 1.29 is 0 Å². The van der Waals surface area contributed by atoms with Crippen LogP contribution in [0.15, 0.2) is 60.7 Å². The number of para-hydroxylation sites is 1. The topological polar surface area (TPSA) is 3.24 Å². The number of benzene rings is 3. The van der Waals surface area contributed by atoms with Gasteiger partial charge in [-0.3, -0.25) is 0 Å². The van der Waals surface area contributed by atoms with Gasteiger partial charge in [-0.2, -0.15) is 0 Å². The summed E-state index contributed by atoms with van der Waals surface area (Å²) in [6.45, 7) is 2.34. The molecule has 5 rings (SSSR count). The third kappa shape index (κ3) is 1.40. The molecule has 1 aliphatic carbocycles. The van der Waals surface area contributed by atoms with Gasteiger partial charge in [0.05, 0.1) is 0 Å². The summed E-state index contributed by atoms with van der Waals surface area (Å²) in [6, 6.07) is 21.6. The van der Waals surface area contributed by atoms with Crippen LogP contribution in [0.2, 0.25) is 5.02 Å². The largest absolute Gasteiger partial charge is 0.344 e. The molecule has 112 valence electrons. The Hall–Kier alpha value is -2.25. The first kappa shape index (κ1) is 13.2. The van der Waals surface area contributed by atoms with Crippen molar-refractivity contribution in [2.75, 3.05) is 11.9 Å². The second-order valence-electron chi connectivity index (χ2n) is 6.56. The van der Waals surface area contributed by atoms with Crippen LogP contribution in [0.5, 0.6) is 0 Å². The van der Waals surface area contributed by atoms with Crippen LogP contribution >= 0.6 is 11.6 Å². The van der Waals surface area contributed by atoms with Crippen molar-refractivity contribution in [3.8, 4) is 11.1 Å². The molecule has 1 atom stereocenters. The lowest BCUT2D eigenvalue weighted by molar-refractivity contribution is 0.699. The van der Waals surface area contributed by atoms with Gasteiger partial charge in [0.15, 0.2) is 0 Å². The normalized spacial score (nSPS) is 20.0. The standard InChI is InChI=1S/C21H16ClN/c1-21-14-8-4-3-7-13(14)19-16(22)11-12-18(20(19)21)23(2)17-10-6-5-9-15(17)21/h3-12H,1-2H3. The molecule has 0 saturated heterocycles. The van der Waals surface area contributed by atoms with Crippen LogP contribution in [-0.4, -0.2) is 7.05 Å². The van der Waals surface area contributed by atoms with E-state index in [9.17, 15) is 0 Å². The summed E-state index contributed by atoms with van der Waals surface area (Å²) in [5, 5.41) is 0.840. The fraction of sp³-hybridized carbons (Fsp3) is 0.143. The van der Waals surface area contributed by atoms with E-state index in [0.717, 1.165) is 5.02 Å². The molecule has 0 fully saturated rings. The maximum atomic E-state index is 6.63. The molecule has 0 aromatic heterocycles. The van der Waals surface area contributed by atoms with Crippen LogP contribution in [0.1, 0.15) is 23.6 Å². The van der Waals surface area contributed by atoms with Crippen molar-refractivity contribution in [3.63, 3.8) is 0 Å². The molecule has 1 heterocycles. The van der Waals surface area contributed by atoms with E-state index in [1.54, 1.807) is 0 Å². The Labute approximate surface area is 141 Å². The molecule has 0 bridgehead atoms. The fourth-order valence-corrected chi connectivity index (χ4v) is 4.74. The van der Waals surface area contributed by atoms with Gasteiger partial charge < -0.3 is 4.90 Å². The van der Waals surface area contributed by atoms with Crippen LogP contribution < -0.4 is 4.90 Å². The van der Waals surface area contributed by atoms with Crippen LogP contribution in [0, 0.1) is 0 Å². The van der Waals surface area contributed by atoms with Gasteiger partial charge in [-0.05, 0) is 47.4 Å². The minimum absolute atomic E-state index is 0.144. The Kier molecular flexibility index (Phi) is 2.40. The molecule has 1 aliphatic heterocycles. The Balaban J connectivity index is 2.02. The number of halogens is 1. The van der Waals surface area contributed by atoms with Crippen molar-refractivity contribution in [1.29, 1.82) is 0 Å². The van der Waals surface area contributed by atoms with E-state index in [2.05, 4.69) is 73.5 Å². The second-order valence-corrected chi connectivity index (χ2v) is 6.97. The van der Waals surface area contributed by atoms with E-state index >= 15 is 0 Å². The monoisotopic (exact) mass is 317 g/mol. The van der Waals surface area contributed by atoms with Crippen molar-refractivity contribution in [2.24, 2.45) is 0 Å². The molecule has 1 nitrogen and oxygen atoms in total. The zero-order chi connectivity index (χ0) is 15.8. The first-order valence-electron chi connectivity index (χ1n) is 7.90. The summed E-state index contributed by atoms with van der Waals surface area (Å²) in [6.07, 6.45) is 0. The molecule has 1 unspecified atom stereocenters. The first-order chi connectivity index (χ1) is 11.1. The van der Waals surface area contributed by atoms with E-state index in [-0.39, 0.29) is 5.41 Å². The Morgan fingerprint density at radius 3 is 2.35 bits per heavy atom. The highest BCUT2D eigenvalue weighted by molar-refractivity contribution is 6.34. The molecule has 0 radical (unpaired) electrons. The van der Waals surface area contributed by atoms with Crippen LogP contribution in [0.4, 0.5) is 11.4 Å². The summed E-state index contributed by atoms with van der Waals surface area (Å²) >= 11 is 6.63. The Morgan fingerprint density at radius 1 is 0.826 bits per heavy atom. The van der Waals surface area contributed by atoms with E-state index < -0.39 is 0 Å². The Morgan fingerprint density at radius 2 is 1.52 bits per heavy atom. The fourth-order valence-electron chi connectivity index (χ4n) is 4.49. The predicted molar refractivity (Wildman–Crippen MR) is 96.9 cm³/mol. The summed E-state index contributed by atoms with van der Waals surface area (Å²) in [5.74, 6) is 0. The zero-order valence-electron chi connectivity index (χ0n) is 13.1. The number of hydrogen-bond donors (Lipinski definition) is 0. The highest BCUT2D eigenvalue weighted by Gasteiger charge is 2.47. The molecule has 3 aromatic rings. The van der Waals surface area contributed by atoms with E-state index in [0.29, 0.717) is 0 Å². The van der Waals surface area contributed by atoms with Gasteiger partial charge in [-0.1, -0.05) is 54.1 Å². The molecule has 2 heteroatoms. The molecule has 0 spiro atoms. The second kappa shape index (κ2) is 4.18. The van der Waals surface area contributed by atoms with Crippen LogP contribution in [0.25, 0.3) is 11.1 Å². The smallest absolute Gasteiger partial charge is 0.0489 e. The molecular weight excluding hydrogens is 302 g/mol. The Bertz CT molecular complexity index is 975. The SMILES string of the molecule is CN1c2ccccc2C2(C)c3ccccc3-c3c(Cl)ccc1c32. The first-order valence-corrected chi connectivity index (χ1v) is 8.28. The lowest BCUT2D eigenvalue weighted by atomic mass is 9.71. The molecular formula is C21H16ClN. The van der Waals surface area contributed by atoms with Gasteiger partial charge in [0.1, 0.15) is 0 Å². The number of rotatable bonds is 0. The maximum absolute atomic E-state index is 6.63. The number of anilines is 2. The van der Waals surface area contributed by atoms with Crippen LogP contribution in [0.3, 0.4) is 0 Å². The lowest BCUT2D eigenvalue weighted by Gasteiger charge is -2.40. The summed E-state index contributed by atoms with van der Waals surface area (Å²) < 4.78 is 0. The molecule has 0 amide bonds. The van der Waals surface area contributed by atoms with E-state index in [1.165, 1.54) is 39.2 Å². The third-order valence-electron chi connectivity index (χ3n) is 5.53. The van der Waals surface area contributed by atoms with Crippen molar-refractivity contribution >= 4 is 23.0 Å². The quantitative estimate of drug-likeness (QED) is 0.510. The summed E-state index contributed by atoms with van der Waals surface area (Å²) in [5.41, 5.74) is 8.88. The lowest BCUT2D eigenvalue weighted by Crippen LogP contribution is -2.32. The van der Waals surface area contributed by atoms with Crippen molar-refractivity contribution in [1.82, 2.24) is 0 Å². The molecule has 0 saturated carbocycles. The van der Waals surface area contributed by atoms with E-state index in [1.807, 2.05) is 6.07 Å². The van der Waals surface area contributed by atoms with E-state index in [4.69, 9.17) is 11.6 Å². The molecule has 2 aliphatic rings. The third-order valence-corrected chi connectivity index (χ3v) is 5.85. The predicted octanol–water partition coefficient (Wildman–Crippen LogP) is 5.76. The van der Waals surface area contributed by atoms with Crippen LogP contribution in [-0.2, 0) is 5.41 Å². The number of nitrogens with zero attached hydrogens (tertiary/aromatic N) is 1. The number of hydrogen-bond acceptors (Lipinski definition) is 1. The molecule has 3 aromatic carbocycles. The average molecular weight is 318 g/mol. The van der Waals surface area contributed by atoms with Crippen molar-refractivity contribution in [2.45, 2.75) is 12.3 Å². The minimum Gasteiger partial charge on any atom is -0.344 e. The van der Waals surface area contributed by atoms with Gasteiger partial charge >= 0.3 is 0 Å². The van der Waals surface area contributed by atoms with Crippen molar-refractivity contribution in [3.05, 3.63) is 82.4 Å². The van der Waals surface area contributed by atoms with Gasteiger partial charge in [0.2, 0.25) is 0 Å².